The van der Waals surface area contributed by atoms with Crippen LogP contribution in [0.15, 0.2) is 0 Å². The first-order chi connectivity index (χ1) is 8.83. The zero-order chi connectivity index (χ0) is 13.1. The Morgan fingerprint density at radius 1 is 1.22 bits per heavy atom. The molecule has 3 N–H and O–H groups in total. The van der Waals surface area contributed by atoms with Gasteiger partial charge in [-0.3, -0.25) is 4.79 Å². The fourth-order valence-electron chi connectivity index (χ4n) is 2.19. The fourth-order valence-corrected chi connectivity index (χ4v) is 2.19. The van der Waals surface area contributed by atoms with E-state index in [2.05, 4.69) is 10.6 Å². The number of ether oxygens (including phenoxy) is 1. The molecule has 0 radical (unpaired) electrons. The van der Waals surface area contributed by atoms with Gasteiger partial charge in [0.25, 0.3) is 0 Å². The molecule has 0 heterocycles. The van der Waals surface area contributed by atoms with Gasteiger partial charge in [-0.1, -0.05) is 19.3 Å². The van der Waals surface area contributed by atoms with E-state index < -0.39 is 0 Å². The van der Waals surface area contributed by atoms with Crippen molar-refractivity contribution in [1.82, 2.24) is 10.6 Å². The molecule has 0 saturated heterocycles. The van der Waals surface area contributed by atoms with E-state index in [1.54, 1.807) is 0 Å². The normalized spacial score (nSPS) is 16.7. The minimum absolute atomic E-state index is 0.0667. The molecule has 1 rings (SSSR count). The number of aliphatic hydroxyl groups is 1. The van der Waals surface area contributed by atoms with Crippen molar-refractivity contribution in [2.45, 2.75) is 44.6 Å². The molecule has 0 atom stereocenters. The van der Waals surface area contributed by atoms with Gasteiger partial charge in [0.1, 0.15) is 0 Å². The Bertz CT molecular complexity index is 218. The SMILES string of the molecule is O=C(CNCCCOCCO)NC1CCCCC1. The molecule has 1 fully saturated rings. The van der Waals surface area contributed by atoms with Crippen molar-refractivity contribution < 1.29 is 14.6 Å². The second kappa shape index (κ2) is 10.3. The Balaban J connectivity index is 1.90. The van der Waals surface area contributed by atoms with Crippen LogP contribution in [0.5, 0.6) is 0 Å². The van der Waals surface area contributed by atoms with E-state index in [1.165, 1.54) is 19.3 Å². The van der Waals surface area contributed by atoms with E-state index in [9.17, 15) is 4.79 Å². The summed E-state index contributed by atoms with van der Waals surface area (Å²) in [6, 6.07) is 0.390. The Morgan fingerprint density at radius 2 is 2.00 bits per heavy atom. The van der Waals surface area contributed by atoms with Crippen molar-refractivity contribution in [2.75, 3.05) is 32.9 Å². The highest BCUT2D eigenvalue weighted by atomic mass is 16.5. The summed E-state index contributed by atoms with van der Waals surface area (Å²) >= 11 is 0. The minimum atomic E-state index is 0.0667. The maximum atomic E-state index is 11.6. The largest absolute Gasteiger partial charge is 0.394 e. The summed E-state index contributed by atoms with van der Waals surface area (Å²) in [4.78, 5) is 11.6. The van der Waals surface area contributed by atoms with Crippen LogP contribution in [-0.4, -0.2) is 50.0 Å². The van der Waals surface area contributed by atoms with Crippen LogP contribution in [0.4, 0.5) is 0 Å². The van der Waals surface area contributed by atoms with Gasteiger partial charge in [0, 0.05) is 12.6 Å². The van der Waals surface area contributed by atoms with Crippen molar-refractivity contribution in [1.29, 1.82) is 0 Å². The summed E-state index contributed by atoms with van der Waals surface area (Å²) in [7, 11) is 0. The number of hydrogen-bond acceptors (Lipinski definition) is 4. The number of hydrogen-bond donors (Lipinski definition) is 3. The first-order valence-corrected chi connectivity index (χ1v) is 7.01. The maximum absolute atomic E-state index is 11.6. The van der Waals surface area contributed by atoms with Crippen LogP contribution in [0.3, 0.4) is 0 Å². The Kier molecular flexibility index (Phi) is 8.81. The summed E-state index contributed by atoms with van der Waals surface area (Å²) in [5.74, 6) is 0.0955. The molecule has 1 saturated carbocycles. The van der Waals surface area contributed by atoms with Crippen LogP contribution in [0.1, 0.15) is 38.5 Å². The molecule has 0 aromatic heterocycles. The summed E-state index contributed by atoms with van der Waals surface area (Å²) in [6.07, 6.45) is 6.89. The molecule has 1 aliphatic carbocycles. The second-order valence-corrected chi connectivity index (χ2v) is 4.77. The molecular formula is C13H26N2O3. The first kappa shape index (κ1) is 15.4. The first-order valence-electron chi connectivity index (χ1n) is 7.01. The van der Waals surface area contributed by atoms with E-state index in [-0.39, 0.29) is 12.5 Å². The lowest BCUT2D eigenvalue weighted by Gasteiger charge is -2.22. The zero-order valence-corrected chi connectivity index (χ0v) is 11.1. The van der Waals surface area contributed by atoms with E-state index in [0.29, 0.717) is 25.8 Å². The topological polar surface area (TPSA) is 70.6 Å². The Morgan fingerprint density at radius 3 is 2.72 bits per heavy atom. The van der Waals surface area contributed by atoms with Crippen LogP contribution >= 0.6 is 0 Å². The molecule has 0 aromatic rings. The molecule has 1 amide bonds. The average molecular weight is 258 g/mol. The predicted octanol–water partition coefficient (Wildman–Crippen LogP) is 0.424. The van der Waals surface area contributed by atoms with Crippen molar-refractivity contribution >= 4 is 5.91 Å². The second-order valence-electron chi connectivity index (χ2n) is 4.77. The smallest absolute Gasteiger partial charge is 0.234 e. The molecule has 0 unspecified atom stereocenters. The van der Waals surface area contributed by atoms with Gasteiger partial charge in [0.05, 0.1) is 19.8 Å². The third kappa shape index (κ3) is 7.63. The van der Waals surface area contributed by atoms with Crippen molar-refractivity contribution in [3.05, 3.63) is 0 Å². The molecule has 5 heteroatoms. The van der Waals surface area contributed by atoms with Crippen LogP contribution in [0.2, 0.25) is 0 Å². The summed E-state index contributed by atoms with van der Waals surface area (Å²) in [5.41, 5.74) is 0. The average Bonchev–Trinajstić information content (AvgIpc) is 2.39. The van der Waals surface area contributed by atoms with Crippen molar-refractivity contribution in [3.63, 3.8) is 0 Å². The highest BCUT2D eigenvalue weighted by Gasteiger charge is 2.14. The van der Waals surface area contributed by atoms with Gasteiger partial charge in [-0.2, -0.15) is 0 Å². The molecule has 0 bridgehead atoms. The van der Waals surface area contributed by atoms with E-state index in [0.717, 1.165) is 25.8 Å². The van der Waals surface area contributed by atoms with Crippen molar-refractivity contribution in [2.24, 2.45) is 0 Å². The van der Waals surface area contributed by atoms with Gasteiger partial charge >= 0.3 is 0 Å². The van der Waals surface area contributed by atoms with E-state index in [1.807, 2.05) is 0 Å². The maximum Gasteiger partial charge on any atom is 0.234 e. The Labute approximate surface area is 109 Å². The molecule has 0 spiro atoms. The van der Waals surface area contributed by atoms with E-state index in [4.69, 9.17) is 9.84 Å². The molecule has 1 aliphatic rings. The highest BCUT2D eigenvalue weighted by Crippen LogP contribution is 2.16. The van der Waals surface area contributed by atoms with Gasteiger partial charge in [-0.05, 0) is 25.8 Å². The predicted molar refractivity (Wildman–Crippen MR) is 70.4 cm³/mol. The monoisotopic (exact) mass is 258 g/mol. The summed E-state index contributed by atoms with van der Waals surface area (Å²) in [6.45, 7) is 2.23. The van der Waals surface area contributed by atoms with Crippen LogP contribution < -0.4 is 10.6 Å². The van der Waals surface area contributed by atoms with Gasteiger partial charge in [-0.25, -0.2) is 0 Å². The number of aliphatic hydroxyl groups excluding tert-OH is 1. The van der Waals surface area contributed by atoms with Crippen LogP contribution in [-0.2, 0) is 9.53 Å². The molecule has 5 nitrogen and oxygen atoms in total. The number of carbonyl (C=O) groups excluding carboxylic acids is 1. The fraction of sp³-hybridized carbons (Fsp3) is 0.923. The molecule has 18 heavy (non-hydrogen) atoms. The van der Waals surface area contributed by atoms with E-state index >= 15 is 0 Å². The summed E-state index contributed by atoms with van der Waals surface area (Å²) in [5, 5.41) is 14.7. The van der Waals surface area contributed by atoms with Crippen LogP contribution in [0.25, 0.3) is 0 Å². The minimum Gasteiger partial charge on any atom is -0.394 e. The third-order valence-corrected chi connectivity index (χ3v) is 3.13. The van der Waals surface area contributed by atoms with Gasteiger partial charge in [-0.15, -0.1) is 0 Å². The lowest BCUT2D eigenvalue weighted by atomic mass is 9.95. The summed E-state index contributed by atoms with van der Waals surface area (Å²) < 4.78 is 5.12. The highest BCUT2D eigenvalue weighted by molar-refractivity contribution is 5.78. The number of amides is 1. The molecule has 0 aromatic carbocycles. The molecular weight excluding hydrogens is 232 g/mol. The zero-order valence-electron chi connectivity index (χ0n) is 11.1. The number of nitrogens with one attached hydrogen (secondary N) is 2. The lowest BCUT2D eigenvalue weighted by molar-refractivity contribution is -0.121. The van der Waals surface area contributed by atoms with Gasteiger partial charge in [0.2, 0.25) is 5.91 Å². The Hall–Kier alpha value is -0.650. The quantitative estimate of drug-likeness (QED) is 0.524. The molecule has 106 valence electrons. The molecule has 0 aliphatic heterocycles. The third-order valence-electron chi connectivity index (χ3n) is 3.13. The number of carbonyl (C=O) groups is 1. The van der Waals surface area contributed by atoms with Crippen LogP contribution in [0, 0.1) is 0 Å². The van der Waals surface area contributed by atoms with Gasteiger partial charge < -0.3 is 20.5 Å². The standard InChI is InChI=1S/C13H26N2O3/c16-8-10-18-9-4-7-14-11-13(17)15-12-5-2-1-3-6-12/h12,14,16H,1-11H2,(H,15,17). The van der Waals surface area contributed by atoms with Crippen molar-refractivity contribution in [3.8, 4) is 0 Å². The van der Waals surface area contributed by atoms with Gasteiger partial charge in [0.15, 0.2) is 0 Å². The lowest BCUT2D eigenvalue weighted by Crippen LogP contribution is -2.41. The number of rotatable bonds is 9.